The molecular formula is C11H16BrN3S. The van der Waals surface area contributed by atoms with E-state index in [2.05, 4.69) is 25.8 Å². The van der Waals surface area contributed by atoms with Crippen molar-refractivity contribution < 1.29 is 0 Å². The average molecular weight is 302 g/mol. The molecule has 0 aliphatic heterocycles. The second kappa shape index (κ2) is 5.59. The summed E-state index contributed by atoms with van der Waals surface area (Å²) in [5.74, 6) is 1.15. The number of rotatable bonds is 4. The molecule has 0 aliphatic carbocycles. The summed E-state index contributed by atoms with van der Waals surface area (Å²) < 4.78 is 0.990. The number of nitrogens with two attached hydrogens (primary N) is 1. The Hall–Kier alpha value is -0.680. The van der Waals surface area contributed by atoms with Gasteiger partial charge in [0.1, 0.15) is 5.82 Å². The fourth-order valence-corrected chi connectivity index (χ4v) is 2.04. The third-order valence-electron chi connectivity index (χ3n) is 2.41. The van der Waals surface area contributed by atoms with Crippen LogP contribution < -0.4 is 10.6 Å². The fraction of sp³-hybridized carbons (Fsp3) is 0.455. The summed E-state index contributed by atoms with van der Waals surface area (Å²) in [6.07, 6.45) is 1.80. The molecular weight excluding hydrogens is 286 g/mol. The highest BCUT2D eigenvalue weighted by Gasteiger charge is 2.12. The molecule has 1 aromatic rings. The molecule has 0 amide bonds. The molecule has 16 heavy (non-hydrogen) atoms. The Balaban J connectivity index is 2.80. The third kappa shape index (κ3) is 3.42. The minimum Gasteiger partial charge on any atom is -0.393 e. The maximum absolute atomic E-state index is 5.60. The number of nitrogens with zero attached hydrogens (tertiary/aromatic N) is 2. The molecule has 0 saturated heterocycles. The summed E-state index contributed by atoms with van der Waals surface area (Å²) in [6.45, 7) is 4.84. The second-order valence-corrected chi connectivity index (χ2v) is 5.37. The van der Waals surface area contributed by atoms with Crippen LogP contribution in [0.25, 0.3) is 0 Å². The number of anilines is 1. The van der Waals surface area contributed by atoms with E-state index in [1.54, 1.807) is 6.20 Å². The summed E-state index contributed by atoms with van der Waals surface area (Å²) in [6, 6.07) is 2.05. The number of hydrogen-bond acceptors (Lipinski definition) is 3. The van der Waals surface area contributed by atoms with E-state index in [0.29, 0.717) is 4.99 Å². The molecule has 1 aromatic heterocycles. The zero-order valence-electron chi connectivity index (χ0n) is 9.70. The molecule has 1 rings (SSSR count). The topological polar surface area (TPSA) is 42.2 Å². The molecule has 1 unspecified atom stereocenters. The summed E-state index contributed by atoms with van der Waals surface area (Å²) in [5.41, 5.74) is 6.73. The van der Waals surface area contributed by atoms with Crippen molar-refractivity contribution in [3.8, 4) is 0 Å². The van der Waals surface area contributed by atoms with Gasteiger partial charge in [-0.25, -0.2) is 4.98 Å². The SMILES string of the molecule is Cc1cc(Br)cnc1N(C)CC(C)C(N)=S. The maximum atomic E-state index is 5.60. The molecule has 0 aliphatic rings. The minimum absolute atomic E-state index is 0.185. The zero-order chi connectivity index (χ0) is 12.3. The molecule has 1 heterocycles. The monoisotopic (exact) mass is 301 g/mol. The van der Waals surface area contributed by atoms with Gasteiger partial charge in [-0.1, -0.05) is 19.1 Å². The van der Waals surface area contributed by atoms with Crippen LogP contribution in [0.5, 0.6) is 0 Å². The average Bonchev–Trinajstić information content (AvgIpc) is 2.16. The normalized spacial score (nSPS) is 12.2. The first kappa shape index (κ1) is 13.4. The number of aromatic nitrogens is 1. The van der Waals surface area contributed by atoms with Gasteiger partial charge in [-0.05, 0) is 34.5 Å². The molecule has 0 fully saturated rings. The van der Waals surface area contributed by atoms with E-state index in [1.807, 2.05) is 27.0 Å². The molecule has 0 radical (unpaired) electrons. The second-order valence-electron chi connectivity index (χ2n) is 3.98. The smallest absolute Gasteiger partial charge is 0.131 e. The summed E-state index contributed by atoms with van der Waals surface area (Å²) >= 11 is 8.36. The Labute approximate surface area is 110 Å². The van der Waals surface area contributed by atoms with E-state index in [-0.39, 0.29) is 5.92 Å². The first-order valence-corrected chi connectivity index (χ1v) is 6.24. The molecule has 5 heteroatoms. The van der Waals surface area contributed by atoms with Crippen LogP contribution >= 0.6 is 28.1 Å². The van der Waals surface area contributed by atoms with Crippen molar-refractivity contribution in [3.63, 3.8) is 0 Å². The van der Waals surface area contributed by atoms with Crippen LogP contribution in [0.2, 0.25) is 0 Å². The van der Waals surface area contributed by atoms with Crippen molar-refractivity contribution in [2.24, 2.45) is 11.7 Å². The third-order valence-corrected chi connectivity index (χ3v) is 3.25. The summed E-state index contributed by atoms with van der Waals surface area (Å²) in [7, 11) is 2.00. The lowest BCUT2D eigenvalue weighted by molar-refractivity contribution is 0.733. The van der Waals surface area contributed by atoms with E-state index in [4.69, 9.17) is 18.0 Å². The number of thiocarbonyl (C=S) groups is 1. The lowest BCUT2D eigenvalue weighted by Gasteiger charge is -2.23. The Morgan fingerprint density at radius 2 is 2.31 bits per heavy atom. The van der Waals surface area contributed by atoms with Gasteiger partial charge in [-0.15, -0.1) is 0 Å². The quantitative estimate of drug-likeness (QED) is 0.868. The van der Waals surface area contributed by atoms with Crippen molar-refractivity contribution in [2.75, 3.05) is 18.5 Å². The first-order chi connectivity index (χ1) is 7.41. The molecule has 0 aromatic carbocycles. The van der Waals surface area contributed by atoms with E-state index < -0.39 is 0 Å². The predicted octanol–water partition coefficient (Wildman–Crippen LogP) is 2.51. The van der Waals surface area contributed by atoms with Gasteiger partial charge in [-0.2, -0.15) is 0 Å². The van der Waals surface area contributed by atoms with Gasteiger partial charge < -0.3 is 10.6 Å². The first-order valence-electron chi connectivity index (χ1n) is 5.04. The highest BCUT2D eigenvalue weighted by molar-refractivity contribution is 9.10. The zero-order valence-corrected chi connectivity index (χ0v) is 12.1. The van der Waals surface area contributed by atoms with E-state index >= 15 is 0 Å². The van der Waals surface area contributed by atoms with Crippen molar-refractivity contribution in [1.82, 2.24) is 4.98 Å². The molecule has 0 bridgehead atoms. The van der Waals surface area contributed by atoms with Gasteiger partial charge in [0, 0.05) is 30.2 Å². The molecule has 1 atom stereocenters. The van der Waals surface area contributed by atoms with Crippen molar-refractivity contribution >= 4 is 39.0 Å². The highest BCUT2D eigenvalue weighted by Crippen LogP contribution is 2.20. The fourth-order valence-electron chi connectivity index (χ4n) is 1.52. The van der Waals surface area contributed by atoms with Gasteiger partial charge >= 0.3 is 0 Å². The van der Waals surface area contributed by atoms with Crippen molar-refractivity contribution in [1.29, 1.82) is 0 Å². The van der Waals surface area contributed by atoms with Gasteiger partial charge in [0.2, 0.25) is 0 Å². The Bertz CT molecular complexity index is 395. The van der Waals surface area contributed by atoms with Crippen LogP contribution in [0, 0.1) is 12.8 Å². The molecule has 2 N–H and O–H groups in total. The molecule has 3 nitrogen and oxygen atoms in total. The Morgan fingerprint density at radius 1 is 1.69 bits per heavy atom. The van der Waals surface area contributed by atoms with E-state index in [0.717, 1.165) is 22.4 Å². The minimum atomic E-state index is 0.185. The lowest BCUT2D eigenvalue weighted by Crippen LogP contribution is -2.32. The summed E-state index contributed by atoms with van der Waals surface area (Å²) in [4.78, 5) is 7.00. The van der Waals surface area contributed by atoms with Gasteiger partial charge in [-0.3, -0.25) is 0 Å². The predicted molar refractivity (Wildman–Crippen MR) is 75.9 cm³/mol. The van der Waals surface area contributed by atoms with Gasteiger partial charge in [0.15, 0.2) is 0 Å². The lowest BCUT2D eigenvalue weighted by atomic mass is 10.1. The van der Waals surface area contributed by atoms with Gasteiger partial charge in [0.05, 0.1) is 4.99 Å². The number of halogens is 1. The van der Waals surface area contributed by atoms with Gasteiger partial charge in [0.25, 0.3) is 0 Å². The van der Waals surface area contributed by atoms with Crippen LogP contribution in [0.15, 0.2) is 16.7 Å². The number of hydrogen-bond donors (Lipinski definition) is 1. The van der Waals surface area contributed by atoms with Crippen LogP contribution in [0.4, 0.5) is 5.82 Å². The van der Waals surface area contributed by atoms with Crippen molar-refractivity contribution in [3.05, 3.63) is 22.3 Å². The highest BCUT2D eigenvalue weighted by atomic mass is 79.9. The molecule has 0 saturated carbocycles. The van der Waals surface area contributed by atoms with Crippen LogP contribution in [-0.4, -0.2) is 23.6 Å². The van der Waals surface area contributed by atoms with Crippen molar-refractivity contribution in [2.45, 2.75) is 13.8 Å². The standard InChI is InChI=1S/C11H16BrN3S/c1-7-4-9(12)5-14-11(7)15(3)6-8(2)10(13)16/h4-5,8H,6H2,1-3H3,(H2,13,16). The Morgan fingerprint density at radius 3 is 2.81 bits per heavy atom. The maximum Gasteiger partial charge on any atom is 0.131 e. The largest absolute Gasteiger partial charge is 0.393 e. The molecule has 88 valence electrons. The molecule has 0 spiro atoms. The number of aryl methyl sites for hydroxylation is 1. The van der Waals surface area contributed by atoms with Crippen LogP contribution in [-0.2, 0) is 0 Å². The van der Waals surface area contributed by atoms with E-state index in [1.165, 1.54) is 0 Å². The summed E-state index contributed by atoms with van der Waals surface area (Å²) in [5, 5.41) is 0. The van der Waals surface area contributed by atoms with E-state index in [9.17, 15) is 0 Å². The Kier molecular flexibility index (Phi) is 4.68. The van der Waals surface area contributed by atoms with Crippen LogP contribution in [0.1, 0.15) is 12.5 Å². The number of pyridine rings is 1. The van der Waals surface area contributed by atoms with Crippen LogP contribution in [0.3, 0.4) is 0 Å².